The van der Waals surface area contributed by atoms with Gasteiger partial charge < -0.3 is 0 Å². The number of aromatic nitrogens is 1. The van der Waals surface area contributed by atoms with Gasteiger partial charge in [0.05, 0.1) is 0 Å². The normalized spacial score (nSPS) is 9.50. The van der Waals surface area contributed by atoms with Gasteiger partial charge in [0.1, 0.15) is 0 Å². The molecule has 0 aliphatic heterocycles. The maximum Gasteiger partial charge on any atom is 0.150 e. The van der Waals surface area contributed by atoms with E-state index >= 15 is 0 Å². The molecule has 0 saturated carbocycles. The van der Waals surface area contributed by atoms with E-state index in [-0.39, 0.29) is 0 Å². The molecule has 1 aromatic rings. The lowest BCUT2D eigenvalue weighted by atomic mass is 9.72. The molecule has 0 N–H and O–H groups in total. The Labute approximate surface area is 70.2 Å². The van der Waals surface area contributed by atoms with Gasteiger partial charge in [0.15, 0.2) is 7.28 Å². The highest BCUT2D eigenvalue weighted by Crippen LogP contribution is 2.10. The van der Waals surface area contributed by atoms with Crippen LogP contribution in [-0.2, 0) is 0 Å². The Balaban J connectivity index is 3.14. The monoisotopic (exact) mass is 196 g/mol. The van der Waals surface area contributed by atoms with Crippen LogP contribution in [0.1, 0.15) is 5.56 Å². The van der Waals surface area contributed by atoms with E-state index < -0.39 is 0 Å². The van der Waals surface area contributed by atoms with Crippen molar-refractivity contribution in [3.63, 3.8) is 0 Å². The molecule has 0 bridgehead atoms. The van der Waals surface area contributed by atoms with Crippen molar-refractivity contribution < 1.29 is 0 Å². The van der Waals surface area contributed by atoms with E-state index in [2.05, 4.69) is 27.8 Å². The molecule has 0 spiro atoms. The average molecular weight is 197 g/mol. The Morgan fingerprint density at radius 3 is 2.70 bits per heavy atom. The second-order valence-electron chi connectivity index (χ2n) is 2.12. The van der Waals surface area contributed by atoms with Gasteiger partial charge in [0.2, 0.25) is 0 Å². The first kappa shape index (κ1) is 7.80. The summed E-state index contributed by atoms with van der Waals surface area (Å²) in [6, 6.07) is 0. The van der Waals surface area contributed by atoms with Crippen LogP contribution in [0.2, 0.25) is 6.82 Å². The highest BCUT2D eigenvalue weighted by Gasteiger charge is 1.98. The van der Waals surface area contributed by atoms with Crippen molar-refractivity contribution in [3.05, 3.63) is 22.4 Å². The van der Waals surface area contributed by atoms with E-state index in [1.165, 1.54) is 11.0 Å². The molecule has 0 fully saturated rings. The Morgan fingerprint density at radius 2 is 2.20 bits per heavy atom. The summed E-state index contributed by atoms with van der Waals surface area (Å²) < 4.78 is 1.07. The SMILES string of the molecule is C[B]c1cncc(Br)c1C. The third kappa shape index (κ3) is 1.40. The van der Waals surface area contributed by atoms with Crippen molar-refractivity contribution >= 4 is 28.7 Å². The van der Waals surface area contributed by atoms with Gasteiger partial charge in [-0.25, -0.2) is 0 Å². The smallest absolute Gasteiger partial charge is 0.150 e. The molecule has 1 radical (unpaired) electrons. The van der Waals surface area contributed by atoms with Crippen LogP contribution in [0.4, 0.5) is 0 Å². The minimum Gasteiger partial charge on any atom is -0.264 e. The Bertz CT molecular complexity index is 237. The summed E-state index contributed by atoms with van der Waals surface area (Å²) in [6.07, 6.45) is 3.67. The highest BCUT2D eigenvalue weighted by molar-refractivity contribution is 9.10. The van der Waals surface area contributed by atoms with Gasteiger partial charge in [-0.3, -0.25) is 4.98 Å². The summed E-state index contributed by atoms with van der Waals surface area (Å²) in [5.41, 5.74) is 2.44. The predicted molar refractivity (Wildman–Crippen MR) is 47.9 cm³/mol. The van der Waals surface area contributed by atoms with Crippen LogP contribution >= 0.6 is 15.9 Å². The van der Waals surface area contributed by atoms with Crippen LogP contribution in [0.15, 0.2) is 16.9 Å². The fourth-order valence-electron chi connectivity index (χ4n) is 0.806. The summed E-state index contributed by atoms with van der Waals surface area (Å²) in [5, 5.41) is 0. The summed E-state index contributed by atoms with van der Waals surface area (Å²) in [6.45, 7) is 4.08. The van der Waals surface area contributed by atoms with Crippen molar-refractivity contribution in [3.8, 4) is 0 Å². The maximum absolute atomic E-state index is 4.04. The number of hydrogen-bond donors (Lipinski definition) is 0. The van der Waals surface area contributed by atoms with Crippen LogP contribution in [0.3, 0.4) is 0 Å². The van der Waals surface area contributed by atoms with E-state index in [9.17, 15) is 0 Å². The van der Waals surface area contributed by atoms with Gasteiger partial charge in [-0.05, 0) is 28.4 Å². The number of nitrogens with zero attached hydrogens (tertiary/aromatic N) is 1. The molecule has 0 saturated heterocycles. The van der Waals surface area contributed by atoms with Crippen molar-refractivity contribution in [1.29, 1.82) is 0 Å². The molecule has 0 atom stereocenters. The zero-order chi connectivity index (χ0) is 7.56. The molecular weight excluding hydrogens is 189 g/mol. The first-order valence-electron chi connectivity index (χ1n) is 3.15. The first-order valence-corrected chi connectivity index (χ1v) is 3.94. The van der Waals surface area contributed by atoms with Gasteiger partial charge in [0.25, 0.3) is 0 Å². The Kier molecular flexibility index (Phi) is 2.49. The lowest BCUT2D eigenvalue weighted by Crippen LogP contribution is -2.15. The van der Waals surface area contributed by atoms with E-state index in [0.717, 1.165) is 4.47 Å². The predicted octanol–water partition coefficient (Wildman–Crippen LogP) is 1.53. The largest absolute Gasteiger partial charge is 0.264 e. The zero-order valence-electron chi connectivity index (χ0n) is 6.06. The van der Waals surface area contributed by atoms with E-state index in [4.69, 9.17) is 0 Å². The maximum atomic E-state index is 4.04. The van der Waals surface area contributed by atoms with Crippen molar-refractivity contribution in [1.82, 2.24) is 4.98 Å². The zero-order valence-corrected chi connectivity index (χ0v) is 7.64. The third-order valence-electron chi connectivity index (χ3n) is 1.50. The molecule has 51 valence electrons. The molecule has 1 aromatic heterocycles. The molecule has 0 unspecified atom stereocenters. The van der Waals surface area contributed by atoms with Crippen LogP contribution in [0.25, 0.3) is 0 Å². The van der Waals surface area contributed by atoms with Crippen LogP contribution in [-0.4, -0.2) is 12.3 Å². The third-order valence-corrected chi connectivity index (χ3v) is 2.30. The Hall–Kier alpha value is -0.305. The molecule has 3 heteroatoms. The van der Waals surface area contributed by atoms with E-state index in [1.807, 2.05) is 26.5 Å². The molecule has 0 aliphatic carbocycles. The Morgan fingerprint density at radius 1 is 1.50 bits per heavy atom. The number of halogens is 1. The highest BCUT2D eigenvalue weighted by atomic mass is 79.9. The first-order chi connectivity index (χ1) is 4.75. The standard InChI is InChI=1S/C7H8BBrN/c1-5-6(8-2)3-10-4-7(5)9/h3-4H,1-2H3. The van der Waals surface area contributed by atoms with E-state index in [1.54, 1.807) is 0 Å². The minimum absolute atomic E-state index is 1.07. The molecule has 1 heterocycles. The van der Waals surface area contributed by atoms with E-state index in [0.29, 0.717) is 0 Å². The minimum atomic E-state index is 1.07. The lowest BCUT2D eigenvalue weighted by molar-refractivity contribution is 1.29. The van der Waals surface area contributed by atoms with Crippen LogP contribution in [0.5, 0.6) is 0 Å². The van der Waals surface area contributed by atoms with Gasteiger partial charge in [-0.2, -0.15) is 0 Å². The summed E-state index contributed by atoms with van der Waals surface area (Å²) in [5.74, 6) is 0. The number of pyridine rings is 1. The van der Waals surface area contributed by atoms with Crippen LogP contribution in [0, 0.1) is 6.92 Å². The van der Waals surface area contributed by atoms with Crippen molar-refractivity contribution in [2.24, 2.45) is 0 Å². The molecule has 0 aromatic carbocycles. The number of rotatable bonds is 1. The topological polar surface area (TPSA) is 12.9 Å². The van der Waals surface area contributed by atoms with Crippen molar-refractivity contribution in [2.75, 3.05) is 0 Å². The number of hydrogen-bond acceptors (Lipinski definition) is 1. The van der Waals surface area contributed by atoms with Gasteiger partial charge >= 0.3 is 0 Å². The molecule has 1 nitrogen and oxygen atoms in total. The average Bonchev–Trinajstić information content (AvgIpc) is 1.95. The lowest BCUT2D eigenvalue weighted by Gasteiger charge is -2.01. The van der Waals surface area contributed by atoms with Gasteiger partial charge in [-0.1, -0.05) is 12.3 Å². The molecular formula is C7H8BBrN. The fraction of sp³-hybridized carbons (Fsp3) is 0.286. The molecule has 0 aliphatic rings. The second-order valence-corrected chi connectivity index (χ2v) is 2.98. The quantitative estimate of drug-likeness (QED) is 0.622. The molecule has 10 heavy (non-hydrogen) atoms. The second kappa shape index (κ2) is 3.19. The summed E-state index contributed by atoms with van der Waals surface area (Å²) >= 11 is 3.40. The van der Waals surface area contributed by atoms with Crippen molar-refractivity contribution in [2.45, 2.75) is 13.7 Å². The molecule has 0 amide bonds. The fourth-order valence-corrected chi connectivity index (χ4v) is 1.15. The van der Waals surface area contributed by atoms with Gasteiger partial charge in [-0.15, -0.1) is 0 Å². The molecule has 1 rings (SSSR count). The van der Waals surface area contributed by atoms with Gasteiger partial charge in [0, 0.05) is 16.9 Å². The summed E-state index contributed by atoms with van der Waals surface area (Å²) in [7, 11) is 2.05. The van der Waals surface area contributed by atoms with Crippen LogP contribution < -0.4 is 5.46 Å². The summed E-state index contributed by atoms with van der Waals surface area (Å²) in [4.78, 5) is 4.04.